The van der Waals surface area contributed by atoms with Gasteiger partial charge in [0.15, 0.2) is 0 Å². The smallest absolute Gasteiger partial charge is 0.282 e. The number of benzene rings is 2. The van der Waals surface area contributed by atoms with Crippen LogP contribution in [0.3, 0.4) is 0 Å². The SMILES string of the molecule is C[C@H]1CN(C2COC2)CCN1c1ccc(Nc2cc(-c3cc(F)cc(-n4ncc5cc(C(C)(C)C)cc(F)c5c4=O)c3CO)cn(C)c2=O)nc1. The normalized spacial score (nSPS) is 17.2. The number of nitrogens with one attached hydrogen (secondary N) is 1. The monoisotopic (exact) mass is 697 g/mol. The summed E-state index contributed by atoms with van der Waals surface area (Å²) < 4.78 is 38.4. The van der Waals surface area contributed by atoms with E-state index in [1.807, 2.05) is 26.8 Å². The second-order valence-corrected chi connectivity index (χ2v) is 14.5. The molecule has 2 saturated heterocycles. The third-order valence-electron chi connectivity index (χ3n) is 9.92. The van der Waals surface area contributed by atoms with Gasteiger partial charge in [-0.1, -0.05) is 20.8 Å². The second kappa shape index (κ2) is 13.3. The molecule has 13 heteroatoms. The van der Waals surface area contributed by atoms with Crippen molar-refractivity contribution in [2.75, 3.05) is 43.1 Å². The zero-order chi connectivity index (χ0) is 36.2. The van der Waals surface area contributed by atoms with Gasteiger partial charge in [0.05, 0.1) is 55.0 Å². The maximum Gasteiger partial charge on any atom is 0.282 e. The Labute approximate surface area is 293 Å². The average molecular weight is 698 g/mol. The van der Waals surface area contributed by atoms with Crippen LogP contribution in [0.4, 0.5) is 26.0 Å². The van der Waals surface area contributed by atoms with E-state index in [9.17, 15) is 14.7 Å². The molecule has 2 aliphatic rings. The summed E-state index contributed by atoms with van der Waals surface area (Å²) in [5.74, 6) is -0.990. The molecule has 5 heterocycles. The number of pyridine rings is 2. The van der Waals surface area contributed by atoms with Gasteiger partial charge in [-0.15, -0.1) is 0 Å². The Morgan fingerprint density at radius 2 is 1.80 bits per heavy atom. The van der Waals surface area contributed by atoms with Crippen molar-refractivity contribution in [2.24, 2.45) is 7.05 Å². The Balaban J connectivity index is 1.20. The molecule has 0 saturated carbocycles. The molecule has 266 valence electrons. The van der Waals surface area contributed by atoms with E-state index in [-0.39, 0.29) is 38.9 Å². The zero-order valence-corrected chi connectivity index (χ0v) is 29.3. The molecule has 0 unspecified atom stereocenters. The highest BCUT2D eigenvalue weighted by Gasteiger charge is 2.32. The van der Waals surface area contributed by atoms with Crippen molar-refractivity contribution in [3.63, 3.8) is 0 Å². The number of hydrogen-bond acceptors (Lipinski definition) is 9. The van der Waals surface area contributed by atoms with Crippen LogP contribution in [-0.4, -0.2) is 74.3 Å². The molecule has 7 rings (SSSR count). The van der Waals surface area contributed by atoms with Gasteiger partial charge in [-0.25, -0.2) is 13.8 Å². The quantitative estimate of drug-likeness (QED) is 0.246. The number of aryl methyl sites for hydroxylation is 1. The molecule has 1 atom stereocenters. The number of aromatic nitrogens is 4. The summed E-state index contributed by atoms with van der Waals surface area (Å²) in [6, 6.07) is 11.4. The molecule has 11 nitrogen and oxygen atoms in total. The predicted octanol–water partition coefficient (Wildman–Crippen LogP) is 4.87. The lowest BCUT2D eigenvalue weighted by molar-refractivity contribution is -0.0691. The number of fused-ring (bicyclic) bond motifs is 1. The molecule has 0 bridgehead atoms. The van der Waals surface area contributed by atoms with Gasteiger partial charge in [-0.3, -0.25) is 14.5 Å². The van der Waals surface area contributed by atoms with Crippen molar-refractivity contribution >= 4 is 28.0 Å². The zero-order valence-electron chi connectivity index (χ0n) is 29.3. The first-order valence-electron chi connectivity index (χ1n) is 17.0. The van der Waals surface area contributed by atoms with E-state index < -0.39 is 23.8 Å². The van der Waals surface area contributed by atoms with E-state index in [0.29, 0.717) is 34.4 Å². The number of piperazine rings is 1. The number of halogens is 2. The van der Waals surface area contributed by atoms with E-state index in [1.54, 1.807) is 31.4 Å². The Morgan fingerprint density at radius 1 is 1.02 bits per heavy atom. The number of rotatable bonds is 7. The summed E-state index contributed by atoms with van der Waals surface area (Å²) in [7, 11) is 1.56. The number of anilines is 3. The molecule has 2 aromatic carbocycles. The Hall–Kier alpha value is -4.98. The van der Waals surface area contributed by atoms with Crippen LogP contribution in [0, 0.1) is 11.6 Å². The topological polar surface area (TPSA) is 118 Å². The molecule has 2 fully saturated rings. The minimum absolute atomic E-state index is 0.0459. The van der Waals surface area contributed by atoms with Crippen LogP contribution in [0.25, 0.3) is 27.6 Å². The van der Waals surface area contributed by atoms with Crippen LogP contribution in [0.2, 0.25) is 0 Å². The third kappa shape index (κ3) is 6.52. The van der Waals surface area contributed by atoms with E-state index in [4.69, 9.17) is 4.74 Å². The molecule has 0 amide bonds. The number of ether oxygens (including phenoxy) is 1. The first-order chi connectivity index (χ1) is 24.3. The van der Waals surface area contributed by atoms with Gasteiger partial charge in [0.2, 0.25) is 0 Å². The lowest BCUT2D eigenvalue weighted by atomic mass is 9.86. The molecule has 2 N–H and O–H groups in total. The third-order valence-corrected chi connectivity index (χ3v) is 9.92. The van der Waals surface area contributed by atoms with E-state index in [1.165, 1.54) is 29.1 Å². The molecular weight excluding hydrogens is 656 g/mol. The Kier molecular flexibility index (Phi) is 8.98. The van der Waals surface area contributed by atoms with E-state index >= 15 is 8.78 Å². The fraction of sp³-hybridized carbons (Fsp3) is 0.368. The van der Waals surface area contributed by atoms with Crippen molar-refractivity contribution in [1.29, 1.82) is 0 Å². The van der Waals surface area contributed by atoms with Gasteiger partial charge >= 0.3 is 0 Å². The van der Waals surface area contributed by atoms with Crippen LogP contribution in [0.1, 0.15) is 38.8 Å². The summed E-state index contributed by atoms with van der Waals surface area (Å²) in [5, 5.41) is 18.1. The van der Waals surface area contributed by atoms with Gasteiger partial charge in [0.1, 0.15) is 23.1 Å². The van der Waals surface area contributed by atoms with Gasteiger partial charge in [-0.05, 0) is 59.9 Å². The Morgan fingerprint density at radius 3 is 2.45 bits per heavy atom. The first kappa shape index (κ1) is 34.5. The average Bonchev–Trinajstić information content (AvgIpc) is 3.05. The highest BCUT2D eigenvalue weighted by molar-refractivity contribution is 5.83. The highest BCUT2D eigenvalue weighted by Crippen LogP contribution is 2.32. The molecule has 3 aromatic heterocycles. The summed E-state index contributed by atoms with van der Waals surface area (Å²) in [6.07, 6.45) is 4.65. The molecule has 0 aliphatic carbocycles. The number of aliphatic hydroxyl groups is 1. The molecular formula is C38H41F2N7O4. The Bertz CT molecular complexity index is 2240. The molecule has 2 aliphatic heterocycles. The van der Waals surface area contributed by atoms with Gasteiger partial charge < -0.3 is 24.6 Å². The maximum absolute atomic E-state index is 15.4. The number of hydrogen-bond donors (Lipinski definition) is 2. The van der Waals surface area contributed by atoms with Crippen LogP contribution >= 0.6 is 0 Å². The predicted molar refractivity (Wildman–Crippen MR) is 193 cm³/mol. The standard InChI is InChI=1S/C38H41F2N7O4/c1-22-17-45(28-20-51-21-28)8-9-46(22)27-6-7-34(41-16-27)43-32-11-24(18-44(5)36(32)49)29-13-26(39)14-33(30(29)19-48)47-37(50)35-23(15-42-47)10-25(12-31(35)40)38(2,3)4/h6-7,10-16,18,22,28,48H,8-9,17,19-21H2,1-5H3,(H,41,43)/t22-/m0/s1. The number of nitrogens with zero attached hydrogens (tertiary/aromatic N) is 6. The summed E-state index contributed by atoms with van der Waals surface area (Å²) in [6.45, 7) is 11.7. The molecule has 0 spiro atoms. The minimum Gasteiger partial charge on any atom is -0.392 e. The van der Waals surface area contributed by atoms with Gasteiger partial charge in [-0.2, -0.15) is 9.78 Å². The molecule has 5 aromatic rings. The molecule has 51 heavy (non-hydrogen) atoms. The van der Waals surface area contributed by atoms with Crippen LogP contribution in [-0.2, 0) is 23.8 Å². The largest absolute Gasteiger partial charge is 0.392 e. The first-order valence-corrected chi connectivity index (χ1v) is 17.0. The molecule has 0 radical (unpaired) electrons. The highest BCUT2D eigenvalue weighted by atomic mass is 19.1. The summed E-state index contributed by atoms with van der Waals surface area (Å²) in [5.41, 5.74) is 1.08. The van der Waals surface area contributed by atoms with Crippen LogP contribution in [0.15, 0.2) is 70.6 Å². The van der Waals surface area contributed by atoms with Crippen LogP contribution in [0.5, 0.6) is 0 Å². The fourth-order valence-corrected chi connectivity index (χ4v) is 6.92. The second-order valence-electron chi connectivity index (χ2n) is 14.5. The lowest BCUT2D eigenvalue weighted by Crippen LogP contribution is -2.59. The van der Waals surface area contributed by atoms with Gasteiger partial charge in [0, 0.05) is 61.5 Å². The van der Waals surface area contributed by atoms with Crippen molar-refractivity contribution in [2.45, 2.75) is 51.8 Å². The maximum atomic E-state index is 15.4. The summed E-state index contributed by atoms with van der Waals surface area (Å²) in [4.78, 5) is 36.3. The van der Waals surface area contributed by atoms with Crippen molar-refractivity contribution in [3.8, 4) is 16.8 Å². The minimum atomic E-state index is -0.793. The van der Waals surface area contributed by atoms with Crippen molar-refractivity contribution in [3.05, 3.63) is 105 Å². The van der Waals surface area contributed by atoms with Crippen molar-refractivity contribution in [1.82, 2.24) is 24.2 Å². The fourth-order valence-electron chi connectivity index (χ4n) is 6.92. The van der Waals surface area contributed by atoms with E-state index in [2.05, 4.69) is 32.1 Å². The van der Waals surface area contributed by atoms with Crippen molar-refractivity contribution < 1.29 is 18.6 Å². The summed E-state index contributed by atoms with van der Waals surface area (Å²) >= 11 is 0. The van der Waals surface area contributed by atoms with E-state index in [0.717, 1.165) is 49.3 Å². The van der Waals surface area contributed by atoms with Gasteiger partial charge in [0.25, 0.3) is 11.1 Å². The van der Waals surface area contributed by atoms with Crippen LogP contribution < -0.4 is 21.3 Å². The number of aliphatic hydroxyl groups excluding tert-OH is 1. The lowest BCUT2D eigenvalue weighted by Gasteiger charge is -2.46.